The molecule has 2 atom stereocenters. The van der Waals surface area contributed by atoms with E-state index in [1.165, 1.54) is 0 Å². The lowest BCUT2D eigenvalue weighted by Gasteiger charge is -2.15. The highest BCUT2D eigenvalue weighted by Crippen LogP contribution is 2.49. The molecule has 18 nitrogen and oxygen atoms in total. The molecule has 18 heteroatoms. The van der Waals surface area contributed by atoms with E-state index in [0.717, 1.165) is 12.1 Å². The second-order valence-corrected chi connectivity index (χ2v) is 6.99. The summed E-state index contributed by atoms with van der Waals surface area (Å²) in [4.78, 5) is 76.5. The molecule has 0 saturated carbocycles. The maximum absolute atomic E-state index is 11.2. The molecule has 0 amide bonds. The quantitative estimate of drug-likeness (QED) is 0.128. The van der Waals surface area contributed by atoms with Gasteiger partial charge in [0.2, 0.25) is 11.5 Å². The number of aliphatic carboxylic acids is 2. The Kier molecular flexibility index (Phi) is 8.56. The number of nitrogens with two attached hydrogens (primary N) is 2. The molecule has 2 rings (SSSR count). The predicted molar refractivity (Wildman–Crippen MR) is 118 cm³/mol. The molecular weight excluding hydrogens is 492 g/mol. The van der Waals surface area contributed by atoms with E-state index in [2.05, 4.69) is 20.7 Å². The Bertz CT molecular complexity index is 1150. The van der Waals surface area contributed by atoms with Gasteiger partial charge in [0.1, 0.15) is 23.5 Å². The summed E-state index contributed by atoms with van der Waals surface area (Å²) in [5.74, 6) is -6.61. The smallest absolute Gasteiger partial charge is 0.320 e. The normalized spacial score (nSPS) is 12.2. The van der Waals surface area contributed by atoms with E-state index in [1.54, 1.807) is 0 Å². The summed E-state index contributed by atoms with van der Waals surface area (Å²) >= 11 is 0. The van der Waals surface area contributed by atoms with Gasteiger partial charge in [0.25, 0.3) is 0 Å². The Morgan fingerprint density at radius 1 is 0.694 bits per heavy atom. The average Bonchev–Trinajstić information content (AvgIpc) is 2.84. The lowest BCUT2D eigenvalue weighted by molar-refractivity contribution is -0.139. The van der Waals surface area contributed by atoms with Crippen molar-refractivity contribution < 1.29 is 39.8 Å². The van der Waals surface area contributed by atoms with Crippen LogP contribution in [0.3, 0.4) is 0 Å². The lowest BCUT2D eigenvalue weighted by atomic mass is 10.0. The highest BCUT2D eigenvalue weighted by atomic mass is 17.2. The van der Waals surface area contributed by atoms with Crippen LogP contribution in [-0.2, 0) is 22.4 Å². The highest BCUT2D eigenvalue weighted by molar-refractivity contribution is 5.80. The lowest BCUT2D eigenvalue weighted by Crippen LogP contribution is -2.32. The molecule has 0 aromatic heterocycles. The fourth-order valence-corrected chi connectivity index (χ4v) is 2.90. The van der Waals surface area contributed by atoms with Crippen molar-refractivity contribution in [2.75, 3.05) is 0 Å². The molecule has 0 heterocycles. The Labute approximate surface area is 198 Å². The molecule has 8 N–H and O–H groups in total. The molecule has 190 valence electrons. The van der Waals surface area contributed by atoms with Crippen molar-refractivity contribution in [3.05, 3.63) is 42.9 Å². The van der Waals surface area contributed by atoms with Crippen LogP contribution in [0.15, 0.2) is 32.8 Å². The first kappa shape index (κ1) is 27.1. The van der Waals surface area contributed by atoms with Crippen LogP contribution in [0.5, 0.6) is 23.0 Å². The number of phenols is 2. The van der Waals surface area contributed by atoms with Gasteiger partial charge in [-0.3, -0.25) is 19.4 Å². The summed E-state index contributed by atoms with van der Waals surface area (Å²) in [7, 11) is 0. The van der Waals surface area contributed by atoms with E-state index in [-0.39, 0.29) is 11.1 Å². The third-order valence-corrected chi connectivity index (χ3v) is 4.68. The van der Waals surface area contributed by atoms with Gasteiger partial charge in [0, 0.05) is 12.8 Å². The molecule has 2 aromatic rings. The highest BCUT2D eigenvalue weighted by Gasteiger charge is 2.27. The van der Waals surface area contributed by atoms with Crippen LogP contribution in [0.4, 0.5) is 22.7 Å². The number of carbonyl (C=O) groups is 2. The van der Waals surface area contributed by atoms with Gasteiger partial charge in [-0.05, 0) is 44.0 Å². The number of hydrogen-bond acceptors (Lipinski definition) is 16. The number of hydrogen-bond donors (Lipinski definition) is 6. The summed E-state index contributed by atoms with van der Waals surface area (Å²) in [5.41, 5.74) is 6.91. The number of aromatic hydroxyl groups is 2. The second kappa shape index (κ2) is 11.4. The van der Waals surface area contributed by atoms with Gasteiger partial charge in [0.15, 0.2) is 22.9 Å². The molecule has 0 aliphatic heterocycles. The van der Waals surface area contributed by atoms with Gasteiger partial charge in [-0.2, -0.15) is 0 Å². The standard InChI is InChI=1S/C18H16N6O12/c19-7(17(27)28)1-5-3-9(15(25)13(23-33)11(5)21-31)35-36-10-4-6(2-8(20)18(29)30)12(22-32)14(24-34)16(10)26/h3-4,7-8,25-26H,1-2,19-20H2,(H,27,28)(H,29,30). The largest absolute Gasteiger partial charge is 0.502 e. The third-order valence-electron chi connectivity index (χ3n) is 4.68. The van der Waals surface area contributed by atoms with Crippen LogP contribution in [0, 0.1) is 19.6 Å². The molecule has 36 heavy (non-hydrogen) atoms. The average molecular weight is 508 g/mol. The molecule has 2 aromatic carbocycles. The Hall–Kier alpha value is -5.10. The number of benzene rings is 2. The van der Waals surface area contributed by atoms with E-state index in [0.29, 0.717) is 0 Å². The minimum atomic E-state index is -1.57. The number of carboxylic acid groups (broad SMARTS) is 2. The summed E-state index contributed by atoms with van der Waals surface area (Å²) in [6.45, 7) is 0. The van der Waals surface area contributed by atoms with E-state index in [9.17, 15) is 39.4 Å². The van der Waals surface area contributed by atoms with E-state index >= 15 is 0 Å². The molecule has 0 spiro atoms. The Balaban J connectivity index is 2.56. The molecule has 0 fully saturated rings. The Morgan fingerprint density at radius 2 is 1.00 bits per heavy atom. The van der Waals surface area contributed by atoms with E-state index < -0.39 is 82.6 Å². The summed E-state index contributed by atoms with van der Waals surface area (Å²) < 4.78 is 0. The van der Waals surface area contributed by atoms with Crippen molar-refractivity contribution in [1.29, 1.82) is 0 Å². The van der Waals surface area contributed by atoms with Crippen molar-refractivity contribution in [1.82, 2.24) is 0 Å². The van der Waals surface area contributed by atoms with Crippen LogP contribution >= 0.6 is 0 Å². The molecule has 0 radical (unpaired) electrons. The SMILES string of the molecule is NC(Cc1cc(OOc2cc(CC(N)C(=O)O)c(N=O)c(N=O)c2O)c(O)c(N=O)c1N=O)C(=O)O. The zero-order chi connectivity index (χ0) is 27.2. The molecule has 0 saturated heterocycles. The van der Waals surface area contributed by atoms with Gasteiger partial charge < -0.3 is 31.9 Å². The van der Waals surface area contributed by atoms with Crippen molar-refractivity contribution in [3.8, 4) is 23.0 Å². The molecule has 0 aliphatic carbocycles. The van der Waals surface area contributed by atoms with Crippen LogP contribution in [0.1, 0.15) is 11.1 Å². The third kappa shape index (κ3) is 5.51. The van der Waals surface area contributed by atoms with Gasteiger partial charge in [-0.15, -0.1) is 19.6 Å². The van der Waals surface area contributed by atoms with Crippen molar-refractivity contribution in [2.24, 2.45) is 32.2 Å². The van der Waals surface area contributed by atoms with Crippen molar-refractivity contribution in [2.45, 2.75) is 24.9 Å². The molecule has 0 bridgehead atoms. The second-order valence-electron chi connectivity index (χ2n) is 6.99. The van der Waals surface area contributed by atoms with Crippen molar-refractivity contribution in [3.63, 3.8) is 0 Å². The van der Waals surface area contributed by atoms with Gasteiger partial charge in [-0.1, -0.05) is 0 Å². The molecule has 2 unspecified atom stereocenters. The first-order valence-electron chi connectivity index (χ1n) is 9.42. The van der Waals surface area contributed by atoms with Gasteiger partial charge in [-0.25, -0.2) is 0 Å². The van der Waals surface area contributed by atoms with Crippen LogP contribution in [-0.4, -0.2) is 44.4 Å². The van der Waals surface area contributed by atoms with Crippen LogP contribution in [0.25, 0.3) is 0 Å². The molecular formula is C18H16N6O12. The predicted octanol–water partition coefficient (Wildman–Crippen LogP) is 1.97. The summed E-state index contributed by atoms with van der Waals surface area (Å²) in [6.07, 6.45) is -1.14. The van der Waals surface area contributed by atoms with Gasteiger partial charge in [0.05, 0.1) is 0 Å². The zero-order valence-electron chi connectivity index (χ0n) is 17.7. The summed E-state index contributed by atoms with van der Waals surface area (Å²) in [6, 6.07) is -1.47. The fraction of sp³-hybridized carbons (Fsp3) is 0.222. The number of phenolic OH excluding ortho intramolecular Hbond substituents is 2. The van der Waals surface area contributed by atoms with Crippen LogP contribution in [0.2, 0.25) is 0 Å². The maximum Gasteiger partial charge on any atom is 0.320 e. The topological polar surface area (TPSA) is 303 Å². The number of carboxylic acids is 2. The fourth-order valence-electron chi connectivity index (χ4n) is 2.90. The first-order valence-corrected chi connectivity index (χ1v) is 9.42. The number of nitroso groups, excluding NO2 is 4. The first-order chi connectivity index (χ1) is 17.0. The Morgan fingerprint density at radius 3 is 1.25 bits per heavy atom. The monoisotopic (exact) mass is 508 g/mol. The molecule has 0 aliphatic rings. The number of rotatable bonds is 13. The number of nitrogens with zero attached hydrogens (tertiary/aromatic N) is 4. The van der Waals surface area contributed by atoms with Gasteiger partial charge >= 0.3 is 11.9 Å². The minimum absolute atomic E-state index is 0.293. The van der Waals surface area contributed by atoms with Crippen LogP contribution < -0.4 is 21.2 Å². The zero-order valence-corrected chi connectivity index (χ0v) is 17.7. The maximum atomic E-state index is 11.2. The van der Waals surface area contributed by atoms with E-state index in [1.807, 2.05) is 0 Å². The minimum Gasteiger partial charge on any atom is -0.502 e. The van der Waals surface area contributed by atoms with Crippen molar-refractivity contribution >= 4 is 34.7 Å². The van der Waals surface area contributed by atoms with E-state index in [4.69, 9.17) is 31.5 Å². The summed E-state index contributed by atoms with van der Waals surface area (Å²) in [5, 5.41) is 48.4.